The maximum absolute atomic E-state index is 12.5. The number of hydrogen-bond donors (Lipinski definition) is 1. The monoisotopic (exact) mass is 239 g/mol. The molecule has 2 aliphatic rings. The number of rotatable bonds is 2. The van der Waals surface area contributed by atoms with Crippen LogP contribution in [0.25, 0.3) is 0 Å². The van der Waals surface area contributed by atoms with Crippen molar-refractivity contribution in [2.45, 2.75) is 51.4 Å². The highest BCUT2D eigenvalue weighted by atomic mass is 16.3. The molecular weight excluding hydrogens is 214 g/mol. The minimum absolute atomic E-state index is 0.104. The summed E-state index contributed by atoms with van der Waals surface area (Å²) in [6, 6.07) is 0. The van der Waals surface area contributed by atoms with E-state index in [0.717, 1.165) is 45.2 Å². The van der Waals surface area contributed by atoms with Gasteiger partial charge in [0.05, 0.1) is 0 Å². The molecule has 0 spiro atoms. The van der Waals surface area contributed by atoms with Gasteiger partial charge in [0.1, 0.15) is 0 Å². The Balaban J connectivity index is 1.96. The highest BCUT2D eigenvalue weighted by Gasteiger charge is 2.33. The van der Waals surface area contributed by atoms with Crippen molar-refractivity contribution in [3.63, 3.8) is 0 Å². The minimum Gasteiger partial charge on any atom is -0.396 e. The van der Waals surface area contributed by atoms with Crippen molar-refractivity contribution >= 4 is 5.91 Å². The van der Waals surface area contributed by atoms with Crippen molar-refractivity contribution in [1.29, 1.82) is 0 Å². The Morgan fingerprint density at radius 3 is 2.29 bits per heavy atom. The topological polar surface area (TPSA) is 40.5 Å². The lowest BCUT2D eigenvalue weighted by Gasteiger charge is -2.33. The van der Waals surface area contributed by atoms with Crippen LogP contribution in [0.3, 0.4) is 0 Å². The average Bonchev–Trinajstić information content (AvgIpc) is 2.66. The Morgan fingerprint density at radius 2 is 1.65 bits per heavy atom. The summed E-state index contributed by atoms with van der Waals surface area (Å²) in [5.41, 5.74) is 0. The lowest BCUT2D eigenvalue weighted by atomic mass is 9.79. The molecule has 0 aromatic rings. The largest absolute Gasteiger partial charge is 0.396 e. The molecular formula is C14H25NO2. The van der Waals surface area contributed by atoms with E-state index in [1.807, 2.05) is 0 Å². The van der Waals surface area contributed by atoms with Crippen molar-refractivity contribution in [3.05, 3.63) is 0 Å². The molecule has 2 unspecified atom stereocenters. The molecule has 0 radical (unpaired) electrons. The molecule has 98 valence electrons. The number of carbonyl (C=O) groups is 1. The second kappa shape index (κ2) is 6.39. The van der Waals surface area contributed by atoms with Crippen LogP contribution in [0.5, 0.6) is 0 Å². The SMILES string of the molecule is O=C(C1CCCCC1CO)N1CCCCCC1. The van der Waals surface area contributed by atoms with Gasteiger partial charge in [-0.25, -0.2) is 0 Å². The zero-order valence-electron chi connectivity index (χ0n) is 10.7. The quantitative estimate of drug-likeness (QED) is 0.802. The van der Waals surface area contributed by atoms with Crippen molar-refractivity contribution in [3.8, 4) is 0 Å². The van der Waals surface area contributed by atoms with Gasteiger partial charge in [0.15, 0.2) is 0 Å². The summed E-state index contributed by atoms with van der Waals surface area (Å²) in [7, 11) is 0. The van der Waals surface area contributed by atoms with Gasteiger partial charge in [-0.1, -0.05) is 25.7 Å². The molecule has 2 fully saturated rings. The van der Waals surface area contributed by atoms with Gasteiger partial charge in [-0.15, -0.1) is 0 Å². The van der Waals surface area contributed by atoms with E-state index in [0.29, 0.717) is 5.91 Å². The molecule has 0 bridgehead atoms. The van der Waals surface area contributed by atoms with Crippen molar-refractivity contribution in [2.75, 3.05) is 19.7 Å². The fourth-order valence-corrected chi connectivity index (χ4v) is 3.28. The van der Waals surface area contributed by atoms with Gasteiger partial charge in [-0.3, -0.25) is 4.79 Å². The number of amides is 1. The van der Waals surface area contributed by atoms with Crippen LogP contribution in [0.15, 0.2) is 0 Å². The van der Waals surface area contributed by atoms with Gasteiger partial charge < -0.3 is 10.0 Å². The summed E-state index contributed by atoms with van der Waals surface area (Å²) in [6.07, 6.45) is 9.18. The zero-order chi connectivity index (χ0) is 12.1. The second-order valence-electron chi connectivity index (χ2n) is 5.57. The standard InChI is InChI=1S/C14H25NO2/c16-11-12-7-3-4-8-13(12)14(17)15-9-5-1-2-6-10-15/h12-13,16H,1-11H2. The number of aliphatic hydroxyl groups is 1. The predicted molar refractivity (Wildman–Crippen MR) is 67.6 cm³/mol. The van der Waals surface area contributed by atoms with Crippen LogP contribution in [0, 0.1) is 11.8 Å². The molecule has 0 aromatic carbocycles. The number of carbonyl (C=O) groups excluding carboxylic acids is 1. The number of aliphatic hydroxyl groups excluding tert-OH is 1. The first-order valence-corrected chi connectivity index (χ1v) is 7.22. The Kier molecular flexibility index (Phi) is 4.84. The normalized spacial score (nSPS) is 31.0. The van der Waals surface area contributed by atoms with E-state index in [1.54, 1.807) is 0 Å². The molecule has 1 aliphatic heterocycles. The summed E-state index contributed by atoms with van der Waals surface area (Å²) in [6.45, 7) is 2.06. The van der Waals surface area contributed by atoms with Crippen molar-refractivity contribution in [2.24, 2.45) is 11.8 Å². The third-order valence-electron chi connectivity index (χ3n) is 4.38. The minimum atomic E-state index is 0.104. The van der Waals surface area contributed by atoms with Crippen LogP contribution in [-0.2, 0) is 4.79 Å². The van der Waals surface area contributed by atoms with E-state index in [1.165, 1.54) is 19.3 Å². The molecule has 3 nitrogen and oxygen atoms in total. The molecule has 1 amide bonds. The van der Waals surface area contributed by atoms with E-state index in [2.05, 4.69) is 4.90 Å². The van der Waals surface area contributed by atoms with E-state index >= 15 is 0 Å². The number of likely N-dealkylation sites (tertiary alicyclic amines) is 1. The van der Waals surface area contributed by atoms with E-state index in [-0.39, 0.29) is 18.4 Å². The molecule has 17 heavy (non-hydrogen) atoms. The van der Waals surface area contributed by atoms with E-state index in [4.69, 9.17) is 0 Å². The van der Waals surface area contributed by atoms with Crippen molar-refractivity contribution in [1.82, 2.24) is 4.90 Å². The third-order valence-corrected chi connectivity index (χ3v) is 4.38. The van der Waals surface area contributed by atoms with Crippen LogP contribution in [-0.4, -0.2) is 35.6 Å². The van der Waals surface area contributed by atoms with E-state index < -0.39 is 0 Å². The lowest BCUT2D eigenvalue weighted by Crippen LogP contribution is -2.41. The summed E-state index contributed by atoms with van der Waals surface area (Å²) < 4.78 is 0. The van der Waals surface area contributed by atoms with Gasteiger partial charge in [-0.05, 0) is 31.6 Å². The van der Waals surface area contributed by atoms with Crippen molar-refractivity contribution < 1.29 is 9.90 Å². The predicted octanol–water partition coefficient (Wildman–Crippen LogP) is 2.19. The first-order valence-electron chi connectivity index (χ1n) is 7.22. The molecule has 2 atom stereocenters. The maximum atomic E-state index is 12.5. The van der Waals surface area contributed by atoms with Gasteiger partial charge >= 0.3 is 0 Å². The van der Waals surface area contributed by atoms with Gasteiger partial charge in [0, 0.05) is 25.6 Å². The van der Waals surface area contributed by atoms with Crippen LogP contribution >= 0.6 is 0 Å². The van der Waals surface area contributed by atoms with Crippen LogP contribution in [0.4, 0.5) is 0 Å². The fourth-order valence-electron chi connectivity index (χ4n) is 3.28. The highest BCUT2D eigenvalue weighted by molar-refractivity contribution is 5.79. The van der Waals surface area contributed by atoms with E-state index in [9.17, 15) is 9.90 Å². The molecule has 1 aliphatic carbocycles. The average molecular weight is 239 g/mol. The third kappa shape index (κ3) is 3.21. The molecule has 1 heterocycles. The first kappa shape index (κ1) is 12.9. The Labute approximate surface area is 104 Å². The summed E-state index contributed by atoms with van der Waals surface area (Å²) in [4.78, 5) is 14.6. The van der Waals surface area contributed by atoms with Gasteiger partial charge in [-0.2, -0.15) is 0 Å². The van der Waals surface area contributed by atoms with Gasteiger partial charge in [0.25, 0.3) is 0 Å². The van der Waals surface area contributed by atoms with Gasteiger partial charge in [0.2, 0.25) is 5.91 Å². The highest BCUT2D eigenvalue weighted by Crippen LogP contribution is 2.31. The zero-order valence-corrected chi connectivity index (χ0v) is 10.7. The molecule has 3 heteroatoms. The lowest BCUT2D eigenvalue weighted by molar-refractivity contribution is -0.139. The first-order chi connectivity index (χ1) is 8.33. The molecule has 2 rings (SSSR count). The second-order valence-corrected chi connectivity index (χ2v) is 5.57. The smallest absolute Gasteiger partial charge is 0.226 e. The summed E-state index contributed by atoms with van der Waals surface area (Å²) in [5.74, 6) is 0.650. The Hall–Kier alpha value is -0.570. The molecule has 0 aromatic heterocycles. The Bertz CT molecular complexity index is 247. The molecule has 1 N–H and O–H groups in total. The number of hydrogen-bond acceptors (Lipinski definition) is 2. The van der Waals surface area contributed by atoms with Crippen LogP contribution < -0.4 is 0 Å². The van der Waals surface area contributed by atoms with Crippen LogP contribution in [0.1, 0.15) is 51.4 Å². The Morgan fingerprint density at radius 1 is 1.00 bits per heavy atom. The summed E-state index contributed by atoms with van der Waals surface area (Å²) >= 11 is 0. The number of nitrogens with zero attached hydrogens (tertiary/aromatic N) is 1. The van der Waals surface area contributed by atoms with Crippen LogP contribution in [0.2, 0.25) is 0 Å². The summed E-state index contributed by atoms with van der Waals surface area (Å²) in [5, 5.41) is 9.39. The molecule has 1 saturated heterocycles. The fraction of sp³-hybridized carbons (Fsp3) is 0.929. The molecule has 1 saturated carbocycles. The maximum Gasteiger partial charge on any atom is 0.226 e.